The fourth-order valence-corrected chi connectivity index (χ4v) is 2.08. The van der Waals surface area contributed by atoms with E-state index in [1.165, 1.54) is 14.2 Å². The average Bonchev–Trinajstić information content (AvgIpc) is 2.75. The third-order valence-corrected chi connectivity index (χ3v) is 3.06. The van der Waals surface area contributed by atoms with Gasteiger partial charge in [0.15, 0.2) is 0 Å². The van der Waals surface area contributed by atoms with Crippen LogP contribution in [0, 0.1) is 6.92 Å². The number of fused-ring (bicyclic) bond motifs is 1. The van der Waals surface area contributed by atoms with E-state index in [-0.39, 0.29) is 11.4 Å². The minimum atomic E-state index is -0.519. The van der Waals surface area contributed by atoms with E-state index in [1.54, 1.807) is 19.1 Å². The number of carbonyl (C=O) groups excluding carboxylic acids is 2. The van der Waals surface area contributed by atoms with Crippen LogP contribution < -0.4 is 5.73 Å². The first-order chi connectivity index (χ1) is 9.01. The number of rotatable bonds is 2. The molecule has 0 radical (unpaired) electrons. The minimum absolute atomic E-state index is 0.215. The molecule has 100 valence electrons. The van der Waals surface area contributed by atoms with Crippen LogP contribution in [0.5, 0.6) is 0 Å². The molecule has 0 aliphatic carbocycles. The molecule has 2 aromatic rings. The largest absolute Gasteiger partial charge is 0.465 e. The molecule has 0 aliphatic heterocycles. The topological polar surface area (TPSA) is 94.4 Å². The zero-order valence-corrected chi connectivity index (χ0v) is 10.9. The van der Waals surface area contributed by atoms with Crippen LogP contribution >= 0.6 is 0 Å². The van der Waals surface area contributed by atoms with Gasteiger partial charge in [-0.1, -0.05) is 6.07 Å². The molecule has 0 saturated carbocycles. The van der Waals surface area contributed by atoms with Crippen molar-refractivity contribution in [3.05, 3.63) is 28.8 Å². The van der Waals surface area contributed by atoms with Crippen molar-refractivity contribution >= 4 is 28.7 Å². The van der Waals surface area contributed by atoms with E-state index < -0.39 is 11.9 Å². The fourth-order valence-electron chi connectivity index (χ4n) is 2.08. The van der Waals surface area contributed by atoms with Gasteiger partial charge >= 0.3 is 11.9 Å². The smallest absolute Gasteiger partial charge is 0.342 e. The second-order valence-corrected chi connectivity index (χ2v) is 4.06. The number of nitrogens with two attached hydrogens (primary N) is 1. The Labute approximate surface area is 109 Å². The lowest BCUT2D eigenvalue weighted by atomic mass is 10.0. The Balaban J connectivity index is 2.73. The zero-order chi connectivity index (χ0) is 14.2. The van der Waals surface area contributed by atoms with Crippen molar-refractivity contribution < 1.29 is 19.1 Å². The zero-order valence-electron chi connectivity index (χ0n) is 10.9. The molecule has 6 heteroatoms. The van der Waals surface area contributed by atoms with Crippen LogP contribution in [-0.4, -0.2) is 31.1 Å². The summed E-state index contributed by atoms with van der Waals surface area (Å²) < 4.78 is 9.39. The second kappa shape index (κ2) is 4.64. The number of H-pyrrole nitrogens is 1. The molecule has 0 aliphatic rings. The molecule has 0 spiro atoms. The maximum Gasteiger partial charge on any atom is 0.342 e. The lowest BCUT2D eigenvalue weighted by Crippen LogP contribution is -2.05. The Kier molecular flexibility index (Phi) is 3.16. The molecular formula is C13H14N2O4. The Morgan fingerprint density at radius 1 is 1.16 bits per heavy atom. The number of carbonyl (C=O) groups is 2. The summed E-state index contributed by atoms with van der Waals surface area (Å²) in [5.41, 5.74) is 7.78. The number of hydrogen-bond donors (Lipinski definition) is 2. The van der Waals surface area contributed by atoms with Gasteiger partial charge in [0.1, 0.15) is 11.4 Å². The van der Waals surface area contributed by atoms with Crippen molar-refractivity contribution in [2.45, 2.75) is 6.92 Å². The highest BCUT2D eigenvalue weighted by atomic mass is 16.5. The molecule has 19 heavy (non-hydrogen) atoms. The molecule has 3 N–H and O–H groups in total. The second-order valence-electron chi connectivity index (χ2n) is 4.06. The summed E-state index contributed by atoms with van der Waals surface area (Å²) in [4.78, 5) is 26.2. The van der Waals surface area contributed by atoms with E-state index in [4.69, 9.17) is 15.2 Å². The molecule has 0 amide bonds. The van der Waals surface area contributed by atoms with Crippen LogP contribution in [-0.2, 0) is 9.47 Å². The normalized spacial score (nSPS) is 10.5. The van der Waals surface area contributed by atoms with Gasteiger partial charge in [0.2, 0.25) is 0 Å². The van der Waals surface area contributed by atoms with Crippen molar-refractivity contribution in [2.24, 2.45) is 0 Å². The van der Waals surface area contributed by atoms with Gasteiger partial charge in [-0.25, -0.2) is 9.59 Å². The van der Waals surface area contributed by atoms with Gasteiger partial charge in [-0.15, -0.1) is 0 Å². The van der Waals surface area contributed by atoms with Crippen LogP contribution in [0.15, 0.2) is 12.1 Å². The summed E-state index contributed by atoms with van der Waals surface area (Å²) in [7, 11) is 2.60. The highest BCUT2D eigenvalue weighted by Crippen LogP contribution is 2.29. The van der Waals surface area contributed by atoms with E-state index in [9.17, 15) is 9.59 Å². The van der Waals surface area contributed by atoms with Crippen LogP contribution in [0.25, 0.3) is 10.9 Å². The van der Waals surface area contributed by atoms with Crippen molar-refractivity contribution in [3.8, 4) is 0 Å². The monoisotopic (exact) mass is 262 g/mol. The Hall–Kier alpha value is -2.50. The predicted octanol–water partition coefficient (Wildman–Crippen LogP) is 1.63. The van der Waals surface area contributed by atoms with Crippen LogP contribution in [0.3, 0.4) is 0 Å². The van der Waals surface area contributed by atoms with Crippen LogP contribution in [0.4, 0.5) is 5.82 Å². The van der Waals surface area contributed by atoms with Gasteiger partial charge < -0.3 is 20.2 Å². The fraction of sp³-hybridized carbons (Fsp3) is 0.231. The molecule has 0 unspecified atom stereocenters. The highest BCUT2D eigenvalue weighted by molar-refractivity contribution is 6.11. The number of esters is 2. The minimum Gasteiger partial charge on any atom is -0.465 e. The van der Waals surface area contributed by atoms with Crippen molar-refractivity contribution in [3.63, 3.8) is 0 Å². The molecule has 0 saturated heterocycles. The number of hydrogen-bond acceptors (Lipinski definition) is 5. The van der Waals surface area contributed by atoms with Crippen LogP contribution in [0.2, 0.25) is 0 Å². The Bertz CT molecular complexity index is 673. The van der Waals surface area contributed by atoms with E-state index >= 15 is 0 Å². The molecule has 2 rings (SSSR count). The number of aryl methyl sites for hydroxylation is 1. The molecule has 0 atom stereocenters. The van der Waals surface area contributed by atoms with Crippen molar-refractivity contribution in [2.75, 3.05) is 20.0 Å². The number of aromatic nitrogens is 1. The van der Waals surface area contributed by atoms with Gasteiger partial charge in [0.05, 0.1) is 25.3 Å². The SMILES string of the molecule is COC(=O)c1ccc2c(C(=O)OC)c(N)[nH]c2c1C. The summed E-state index contributed by atoms with van der Waals surface area (Å²) in [5.74, 6) is -0.742. The first-order valence-corrected chi connectivity index (χ1v) is 5.58. The number of ether oxygens (including phenoxy) is 2. The Morgan fingerprint density at radius 3 is 2.37 bits per heavy atom. The first kappa shape index (κ1) is 12.9. The average molecular weight is 262 g/mol. The third kappa shape index (κ3) is 1.91. The van der Waals surface area contributed by atoms with Gasteiger partial charge in [-0.2, -0.15) is 0 Å². The lowest BCUT2D eigenvalue weighted by molar-refractivity contribution is 0.0593. The molecular weight excluding hydrogens is 248 g/mol. The molecule has 1 aromatic heterocycles. The Morgan fingerprint density at radius 2 is 1.79 bits per heavy atom. The number of nitrogen functional groups attached to an aromatic ring is 1. The third-order valence-electron chi connectivity index (χ3n) is 3.06. The standard InChI is InChI=1S/C13H14N2O4/c1-6-7(12(16)18-2)4-5-8-9(13(17)19-3)11(14)15-10(6)8/h4-5,15H,14H2,1-3H3. The summed E-state index contributed by atoms with van der Waals surface area (Å²) in [5, 5.41) is 0.620. The van der Waals surface area contributed by atoms with E-state index in [0.717, 1.165) is 0 Å². The van der Waals surface area contributed by atoms with Gasteiger partial charge in [0, 0.05) is 5.39 Å². The molecule has 0 bridgehead atoms. The predicted molar refractivity (Wildman–Crippen MR) is 70.1 cm³/mol. The number of methoxy groups -OCH3 is 2. The van der Waals surface area contributed by atoms with Crippen molar-refractivity contribution in [1.82, 2.24) is 4.98 Å². The molecule has 0 fully saturated rings. The van der Waals surface area contributed by atoms with Gasteiger partial charge in [0.25, 0.3) is 0 Å². The molecule has 1 aromatic carbocycles. The van der Waals surface area contributed by atoms with E-state index in [2.05, 4.69) is 4.98 Å². The van der Waals surface area contributed by atoms with Gasteiger partial charge in [-0.3, -0.25) is 0 Å². The quantitative estimate of drug-likeness (QED) is 0.802. The number of aromatic amines is 1. The lowest BCUT2D eigenvalue weighted by Gasteiger charge is -2.05. The first-order valence-electron chi connectivity index (χ1n) is 5.58. The summed E-state index contributed by atoms with van der Waals surface area (Å²) >= 11 is 0. The summed E-state index contributed by atoms with van der Waals surface area (Å²) in [6, 6.07) is 3.25. The van der Waals surface area contributed by atoms with Crippen molar-refractivity contribution in [1.29, 1.82) is 0 Å². The highest BCUT2D eigenvalue weighted by Gasteiger charge is 2.21. The summed E-state index contributed by atoms with van der Waals surface area (Å²) in [6.07, 6.45) is 0. The van der Waals surface area contributed by atoms with Crippen LogP contribution in [0.1, 0.15) is 26.3 Å². The molecule has 6 nitrogen and oxygen atoms in total. The summed E-state index contributed by atoms with van der Waals surface area (Å²) in [6.45, 7) is 1.76. The maximum atomic E-state index is 11.7. The number of anilines is 1. The maximum absolute atomic E-state index is 11.7. The van der Waals surface area contributed by atoms with E-state index in [0.29, 0.717) is 22.0 Å². The molecule has 1 heterocycles. The van der Waals surface area contributed by atoms with Gasteiger partial charge in [-0.05, 0) is 18.6 Å². The van der Waals surface area contributed by atoms with E-state index in [1.807, 2.05) is 0 Å². The number of benzene rings is 1. The number of nitrogens with one attached hydrogen (secondary N) is 1.